The summed E-state index contributed by atoms with van der Waals surface area (Å²) in [6.07, 6.45) is 7.15. The van der Waals surface area contributed by atoms with Crippen LogP contribution < -0.4 is 10.1 Å². The van der Waals surface area contributed by atoms with Crippen LogP contribution in [0.4, 0.5) is 13.2 Å². The standard InChI is InChI=1S/C29H31F3N4O2/c1-2-25-27(36-16-4-3-5-26(36)34-25)28(37)33-19-20-6-10-23(11-7-20)35-17-14-22(15-18-35)21-8-12-24(13-9-21)38-29(30,31)32/h3-10,12-13,16,22-23H,2,11,14-15,17-19H2,1H3,(H,33,37). The second kappa shape index (κ2) is 11.0. The molecule has 6 nitrogen and oxygen atoms in total. The summed E-state index contributed by atoms with van der Waals surface area (Å²) in [6.45, 7) is 4.31. The van der Waals surface area contributed by atoms with E-state index in [-0.39, 0.29) is 11.7 Å². The summed E-state index contributed by atoms with van der Waals surface area (Å²) in [7, 11) is 0. The van der Waals surface area contributed by atoms with E-state index in [1.54, 1.807) is 12.1 Å². The number of nitrogens with one attached hydrogen (secondary N) is 1. The van der Waals surface area contributed by atoms with Gasteiger partial charge < -0.3 is 10.1 Å². The Kier molecular flexibility index (Phi) is 7.56. The van der Waals surface area contributed by atoms with E-state index in [0.717, 1.165) is 54.8 Å². The lowest BCUT2D eigenvalue weighted by Crippen LogP contribution is -2.40. The largest absolute Gasteiger partial charge is 0.573 e. The monoisotopic (exact) mass is 524 g/mol. The fraction of sp³-hybridized carbons (Fsp3) is 0.379. The zero-order chi connectivity index (χ0) is 26.7. The first-order valence-electron chi connectivity index (χ1n) is 13.0. The first-order chi connectivity index (χ1) is 18.3. The van der Waals surface area contributed by atoms with Gasteiger partial charge in [-0.3, -0.25) is 14.1 Å². The molecule has 0 radical (unpaired) electrons. The van der Waals surface area contributed by atoms with Crippen LogP contribution in [0.15, 0.2) is 72.5 Å². The summed E-state index contributed by atoms with van der Waals surface area (Å²) in [4.78, 5) is 20.0. The number of ether oxygens (including phenoxy) is 1. The highest BCUT2D eigenvalue weighted by molar-refractivity contribution is 5.95. The van der Waals surface area contributed by atoms with Gasteiger partial charge in [-0.1, -0.05) is 43.4 Å². The number of likely N-dealkylation sites (tertiary alicyclic amines) is 1. The molecule has 1 aromatic carbocycles. The molecule has 200 valence electrons. The van der Waals surface area contributed by atoms with Crippen molar-refractivity contribution >= 4 is 11.6 Å². The molecular weight excluding hydrogens is 493 g/mol. The maximum atomic E-state index is 13.0. The number of aromatic nitrogens is 2. The van der Waals surface area contributed by atoms with Gasteiger partial charge in [0.15, 0.2) is 0 Å². The van der Waals surface area contributed by atoms with Crippen LogP contribution in [0, 0.1) is 0 Å². The maximum absolute atomic E-state index is 13.0. The third-order valence-corrected chi connectivity index (χ3v) is 7.34. The molecule has 38 heavy (non-hydrogen) atoms. The quantitative estimate of drug-likeness (QED) is 0.433. The number of amides is 1. The van der Waals surface area contributed by atoms with Crippen molar-refractivity contribution in [2.75, 3.05) is 19.6 Å². The number of alkyl halides is 3. The zero-order valence-corrected chi connectivity index (χ0v) is 21.2. The number of pyridine rings is 1. The van der Waals surface area contributed by atoms with Crippen LogP contribution in [0.25, 0.3) is 5.65 Å². The predicted molar refractivity (Wildman–Crippen MR) is 139 cm³/mol. The fourth-order valence-electron chi connectivity index (χ4n) is 5.36. The Morgan fingerprint density at radius 2 is 1.89 bits per heavy atom. The highest BCUT2D eigenvalue weighted by Crippen LogP contribution is 2.32. The number of benzene rings is 1. The van der Waals surface area contributed by atoms with Gasteiger partial charge in [0.2, 0.25) is 0 Å². The molecule has 1 aliphatic carbocycles. The van der Waals surface area contributed by atoms with Gasteiger partial charge in [-0.05, 0) is 80.1 Å². The van der Waals surface area contributed by atoms with Crippen molar-refractivity contribution in [2.24, 2.45) is 0 Å². The van der Waals surface area contributed by atoms with E-state index < -0.39 is 6.36 Å². The molecule has 3 aromatic rings. The van der Waals surface area contributed by atoms with Crippen LogP contribution in [0.5, 0.6) is 5.75 Å². The smallest absolute Gasteiger partial charge is 0.406 e. The Hall–Kier alpha value is -3.59. The lowest BCUT2D eigenvalue weighted by Gasteiger charge is -2.37. The van der Waals surface area contributed by atoms with E-state index in [1.807, 2.05) is 35.7 Å². The molecule has 2 aliphatic rings. The number of fused-ring (bicyclic) bond motifs is 1. The van der Waals surface area contributed by atoms with Crippen LogP contribution in [0.2, 0.25) is 0 Å². The summed E-state index contributed by atoms with van der Waals surface area (Å²) < 4.78 is 43.0. The van der Waals surface area contributed by atoms with Crippen LogP contribution in [0.3, 0.4) is 0 Å². The van der Waals surface area contributed by atoms with E-state index >= 15 is 0 Å². The molecule has 0 saturated carbocycles. The number of piperidine rings is 1. The lowest BCUT2D eigenvalue weighted by molar-refractivity contribution is -0.274. The molecule has 9 heteroatoms. The molecule has 0 bridgehead atoms. The third-order valence-electron chi connectivity index (χ3n) is 7.34. The lowest BCUT2D eigenvalue weighted by atomic mass is 9.88. The molecule has 1 amide bonds. The molecule has 1 N–H and O–H groups in total. The molecule has 5 rings (SSSR count). The number of nitrogens with zero attached hydrogens (tertiary/aromatic N) is 3. The highest BCUT2D eigenvalue weighted by atomic mass is 19.4. The van der Waals surface area contributed by atoms with Crippen molar-refractivity contribution in [3.8, 4) is 5.75 Å². The average molecular weight is 525 g/mol. The van der Waals surface area contributed by atoms with Gasteiger partial charge >= 0.3 is 6.36 Å². The van der Waals surface area contributed by atoms with Gasteiger partial charge in [0.05, 0.1) is 5.69 Å². The van der Waals surface area contributed by atoms with E-state index in [0.29, 0.717) is 30.6 Å². The van der Waals surface area contributed by atoms with E-state index in [2.05, 4.69) is 38.2 Å². The third kappa shape index (κ3) is 5.93. The minimum Gasteiger partial charge on any atom is -0.406 e. The number of imidazole rings is 1. The second-order valence-electron chi connectivity index (χ2n) is 9.74. The summed E-state index contributed by atoms with van der Waals surface area (Å²) in [6, 6.07) is 12.3. The first-order valence-corrected chi connectivity index (χ1v) is 13.0. The Balaban J connectivity index is 1.11. The SMILES string of the molecule is CCc1nc2ccccn2c1C(=O)NCC1=CCC(N2CCC(c3ccc(OC(F)(F)F)cc3)CC2)C=C1. The van der Waals surface area contributed by atoms with Crippen molar-refractivity contribution in [3.63, 3.8) is 0 Å². The van der Waals surface area contributed by atoms with E-state index in [4.69, 9.17) is 0 Å². The molecule has 1 atom stereocenters. The van der Waals surface area contributed by atoms with Crippen LogP contribution in [0.1, 0.15) is 53.8 Å². The minimum absolute atomic E-state index is 0.128. The Morgan fingerprint density at radius 1 is 1.13 bits per heavy atom. The van der Waals surface area contributed by atoms with Gasteiger partial charge in [0, 0.05) is 18.8 Å². The summed E-state index contributed by atoms with van der Waals surface area (Å²) in [5.41, 5.74) is 4.28. The molecular formula is C29H31F3N4O2. The van der Waals surface area contributed by atoms with Gasteiger partial charge in [-0.25, -0.2) is 4.98 Å². The molecule has 1 aliphatic heterocycles. The molecule has 1 fully saturated rings. The number of carbonyl (C=O) groups is 1. The molecule has 1 saturated heterocycles. The van der Waals surface area contributed by atoms with Gasteiger partial charge in [0.1, 0.15) is 17.1 Å². The topological polar surface area (TPSA) is 58.9 Å². The first kappa shape index (κ1) is 26.0. The summed E-state index contributed by atoms with van der Waals surface area (Å²) in [5, 5.41) is 3.05. The number of carbonyl (C=O) groups excluding carboxylic acids is 1. The number of hydrogen-bond donors (Lipinski definition) is 1. The van der Waals surface area contributed by atoms with E-state index in [9.17, 15) is 18.0 Å². The van der Waals surface area contributed by atoms with Crippen molar-refractivity contribution in [2.45, 2.75) is 50.9 Å². The number of aryl methyl sites for hydroxylation is 1. The van der Waals surface area contributed by atoms with Crippen LogP contribution in [-0.4, -0.2) is 52.2 Å². The zero-order valence-electron chi connectivity index (χ0n) is 21.2. The summed E-state index contributed by atoms with van der Waals surface area (Å²) >= 11 is 0. The maximum Gasteiger partial charge on any atom is 0.573 e. The number of halogens is 3. The molecule has 2 aromatic heterocycles. The average Bonchev–Trinajstić information content (AvgIpc) is 3.31. The van der Waals surface area contributed by atoms with Crippen LogP contribution in [-0.2, 0) is 6.42 Å². The normalized spacial score (nSPS) is 18.9. The fourth-order valence-corrected chi connectivity index (χ4v) is 5.36. The van der Waals surface area contributed by atoms with Gasteiger partial charge in [-0.15, -0.1) is 13.2 Å². The molecule has 0 spiro atoms. The Labute approximate surface area is 219 Å². The number of hydrogen-bond acceptors (Lipinski definition) is 4. The highest BCUT2D eigenvalue weighted by Gasteiger charge is 2.31. The van der Waals surface area contributed by atoms with Gasteiger partial charge in [0.25, 0.3) is 5.91 Å². The van der Waals surface area contributed by atoms with Crippen molar-refractivity contribution in [1.29, 1.82) is 0 Å². The molecule has 1 unspecified atom stereocenters. The minimum atomic E-state index is -4.67. The number of rotatable bonds is 7. The molecule has 3 heterocycles. The second-order valence-corrected chi connectivity index (χ2v) is 9.74. The summed E-state index contributed by atoms with van der Waals surface area (Å²) in [5.74, 6) is 0.0129. The van der Waals surface area contributed by atoms with Crippen molar-refractivity contribution in [3.05, 3.63) is 89.4 Å². The van der Waals surface area contributed by atoms with Crippen molar-refractivity contribution in [1.82, 2.24) is 19.6 Å². The van der Waals surface area contributed by atoms with Crippen LogP contribution >= 0.6 is 0 Å². The Morgan fingerprint density at radius 3 is 2.55 bits per heavy atom. The predicted octanol–water partition coefficient (Wildman–Crippen LogP) is 5.66. The Bertz CT molecular complexity index is 1340. The van der Waals surface area contributed by atoms with Crippen molar-refractivity contribution < 1.29 is 22.7 Å². The van der Waals surface area contributed by atoms with E-state index in [1.165, 1.54) is 12.1 Å². The van der Waals surface area contributed by atoms with Gasteiger partial charge in [-0.2, -0.15) is 0 Å².